The lowest BCUT2D eigenvalue weighted by atomic mass is 10.2. The van der Waals surface area contributed by atoms with Gasteiger partial charge >= 0.3 is 0 Å². The highest BCUT2D eigenvalue weighted by atomic mass is 32.2. The first-order valence-electron chi connectivity index (χ1n) is 10.5. The minimum atomic E-state index is -0.210. The number of carbonyl (C=O) groups excluding carboxylic acids is 1. The molecule has 0 fully saturated rings. The number of aryl methyl sites for hydroxylation is 1. The second kappa shape index (κ2) is 9.23. The van der Waals surface area contributed by atoms with Crippen molar-refractivity contribution in [1.29, 1.82) is 0 Å². The molecule has 0 saturated carbocycles. The lowest BCUT2D eigenvalue weighted by molar-refractivity contribution is -0.121. The van der Waals surface area contributed by atoms with Crippen molar-refractivity contribution < 1.29 is 9.53 Å². The lowest BCUT2D eigenvalue weighted by Gasteiger charge is -2.14. The first kappa shape index (κ1) is 21.6. The molecular formula is C22H27N5O3S. The largest absolute Gasteiger partial charge is 0.379 e. The SMILES string of the molecule is Cc1ccccc1-n1ncc2c(=O)n3c(nc21)SCC3CC(=O)NCCCOC(C)C. The number of aromatic nitrogens is 4. The molecular weight excluding hydrogens is 414 g/mol. The van der Waals surface area contributed by atoms with Crippen LogP contribution in [0.15, 0.2) is 40.4 Å². The summed E-state index contributed by atoms with van der Waals surface area (Å²) in [4.78, 5) is 30.3. The van der Waals surface area contributed by atoms with E-state index < -0.39 is 0 Å². The maximum atomic E-state index is 13.2. The van der Waals surface area contributed by atoms with E-state index in [1.807, 2.05) is 45.0 Å². The molecule has 1 unspecified atom stereocenters. The minimum Gasteiger partial charge on any atom is -0.379 e. The number of nitrogens with zero attached hydrogens (tertiary/aromatic N) is 4. The van der Waals surface area contributed by atoms with E-state index in [-0.39, 0.29) is 30.0 Å². The molecule has 1 aromatic carbocycles. The van der Waals surface area contributed by atoms with Crippen LogP contribution < -0.4 is 10.9 Å². The monoisotopic (exact) mass is 441 g/mol. The van der Waals surface area contributed by atoms with Crippen LogP contribution >= 0.6 is 11.8 Å². The molecule has 3 aromatic rings. The third-order valence-corrected chi connectivity index (χ3v) is 6.33. The van der Waals surface area contributed by atoms with E-state index >= 15 is 0 Å². The van der Waals surface area contributed by atoms with Gasteiger partial charge in [-0.05, 0) is 38.8 Å². The molecule has 0 spiro atoms. The lowest BCUT2D eigenvalue weighted by Crippen LogP contribution is -2.31. The Labute approximate surface area is 185 Å². The average molecular weight is 442 g/mol. The molecule has 164 valence electrons. The molecule has 0 saturated heterocycles. The van der Waals surface area contributed by atoms with Crippen LogP contribution in [0.2, 0.25) is 0 Å². The Hall–Kier alpha value is -2.65. The standard InChI is InChI=1S/C22H27N5O3S/c1-14(2)30-10-6-9-23-19(28)11-16-13-31-22-25-20-17(21(29)26(16)22)12-24-27(20)18-8-5-4-7-15(18)3/h4-5,7-8,12,14,16H,6,9-11,13H2,1-3H3,(H,23,28). The van der Waals surface area contributed by atoms with Gasteiger partial charge in [-0.15, -0.1) is 0 Å². The summed E-state index contributed by atoms with van der Waals surface area (Å²) in [5, 5.41) is 8.45. The third-order valence-electron chi connectivity index (χ3n) is 5.23. The van der Waals surface area contributed by atoms with E-state index in [9.17, 15) is 9.59 Å². The molecule has 4 rings (SSSR count). The summed E-state index contributed by atoms with van der Waals surface area (Å²) in [5.74, 6) is 0.585. The van der Waals surface area contributed by atoms with Gasteiger partial charge in [0.15, 0.2) is 10.8 Å². The third kappa shape index (κ3) is 4.52. The fourth-order valence-corrected chi connectivity index (χ4v) is 4.79. The molecule has 9 heteroatoms. The van der Waals surface area contributed by atoms with Crippen LogP contribution in [0.25, 0.3) is 16.7 Å². The normalized spacial score (nSPS) is 15.5. The number of hydrogen-bond acceptors (Lipinski definition) is 6. The van der Waals surface area contributed by atoms with Gasteiger partial charge < -0.3 is 10.1 Å². The summed E-state index contributed by atoms with van der Waals surface area (Å²) >= 11 is 1.50. The molecule has 0 aliphatic carbocycles. The van der Waals surface area contributed by atoms with E-state index in [1.54, 1.807) is 15.4 Å². The zero-order valence-electron chi connectivity index (χ0n) is 18.0. The van der Waals surface area contributed by atoms with E-state index in [2.05, 4.69) is 10.4 Å². The number of benzene rings is 1. The van der Waals surface area contributed by atoms with Crippen molar-refractivity contribution in [2.24, 2.45) is 0 Å². The summed E-state index contributed by atoms with van der Waals surface area (Å²) in [6.07, 6.45) is 2.78. The van der Waals surface area contributed by atoms with Crippen LogP contribution in [0.5, 0.6) is 0 Å². The summed E-state index contributed by atoms with van der Waals surface area (Å²) in [6, 6.07) is 7.66. The Morgan fingerprint density at radius 2 is 2.16 bits per heavy atom. The molecule has 2 aromatic heterocycles. The van der Waals surface area contributed by atoms with Crippen molar-refractivity contribution in [1.82, 2.24) is 24.6 Å². The van der Waals surface area contributed by atoms with Crippen LogP contribution in [-0.4, -0.2) is 50.2 Å². The Kier molecular flexibility index (Phi) is 6.43. The molecule has 1 aliphatic rings. The topological polar surface area (TPSA) is 91.0 Å². The van der Waals surface area contributed by atoms with Crippen molar-refractivity contribution >= 4 is 28.7 Å². The maximum Gasteiger partial charge on any atom is 0.265 e. The van der Waals surface area contributed by atoms with Crippen LogP contribution in [-0.2, 0) is 9.53 Å². The Bertz CT molecular complexity index is 1150. The number of para-hydroxylation sites is 1. The zero-order valence-corrected chi connectivity index (χ0v) is 18.8. The van der Waals surface area contributed by atoms with Gasteiger partial charge in [0.05, 0.1) is 24.0 Å². The highest BCUT2D eigenvalue weighted by molar-refractivity contribution is 7.99. The number of amides is 1. The van der Waals surface area contributed by atoms with Gasteiger partial charge in [-0.2, -0.15) is 5.10 Å². The average Bonchev–Trinajstić information content (AvgIpc) is 3.33. The van der Waals surface area contributed by atoms with Crippen LogP contribution in [0, 0.1) is 6.92 Å². The van der Waals surface area contributed by atoms with Crippen LogP contribution in [0.3, 0.4) is 0 Å². The highest BCUT2D eigenvalue weighted by Gasteiger charge is 2.29. The summed E-state index contributed by atoms with van der Waals surface area (Å²) in [5.41, 5.74) is 2.35. The van der Waals surface area contributed by atoms with E-state index in [0.29, 0.717) is 35.1 Å². The molecule has 1 N–H and O–H groups in total. The molecule has 1 atom stereocenters. The van der Waals surface area contributed by atoms with Gasteiger partial charge in [0.1, 0.15) is 5.39 Å². The summed E-state index contributed by atoms with van der Waals surface area (Å²) in [6.45, 7) is 7.16. The van der Waals surface area contributed by atoms with Crippen molar-refractivity contribution in [3.8, 4) is 5.69 Å². The number of ether oxygens (including phenoxy) is 1. The van der Waals surface area contributed by atoms with E-state index in [4.69, 9.17) is 9.72 Å². The summed E-state index contributed by atoms with van der Waals surface area (Å²) in [7, 11) is 0. The van der Waals surface area contributed by atoms with Gasteiger partial charge in [-0.1, -0.05) is 30.0 Å². The second-order valence-corrected chi connectivity index (χ2v) is 8.93. The first-order chi connectivity index (χ1) is 15.0. The fraction of sp³-hybridized carbons (Fsp3) is 0.455. The van der Waals surface area contributed by atoms with E-state index in [0.717, 1.165) is 17.7 Å². The van der Waals surface area contributed by atoms with Gasteiger partial charge in [-0.25, -0.2) is 9.67 Å². The molecule has 31 heavy (non-hydrogen) atoms. The quantitative estimate of drug-likeness (QED) is 0.427. The van der Waals surface area contributed by atoms with Crippen LogP contribution in [0.1, 0.15) is 38.3 Å². The number of rotatable bonds is 8. The summed E-state index contributed by atoms with van der Waals surface area (Å²) < 4.78 is 8.85. The van der Waals surface area contributed by atoms with Gasteiger partial charge in [0, 0.05) is 25.3 Å². The predicted molar refractivity (Wildman–Crippen MR) is 121 cm³/mol. The molecule has 0 bridgehead atoms. The number of fused-ring (bicyclic) bond motifs is 2. The van der Waals surface area contributed by atoms with E-state index in [1.165, 1.54) is 11.8 Å². The van der Waals surface area contributed by atoms with Gasteiger partial charge in [0.2, 0.25) is 5.91 Å². The molecule has 0 radical (unpaired) electrons. The number of carbonyl (C=O) groups is 1. The Balaban J connectivity index is 1.51. The van der Waals surface area contributed by atoms with Gasteiger partial charge in [-0.3, -0.25) is 14.2 Å². The Morgan fingerprint density at radius 3 is 2.94 bits per heavy atom. The number of nitrogens with one attached hydrogen (secondary N) is 1. The minimum absolute atomic E-state index is 0.0643. The first-order valence-corrected chi connectivity index (χ1v) is 11.5. The maximum absolute atomic E-state index is 13.2. The number of thioether (sulfide) groups is 1. The molecule has 3 heterocycles. The van der Waals surface area contributed by atoms with Crippen molar-refractivity contribution in [2.75, 3.05) is 18.9 Å². The highest BCUT2D eigenvalue weighted by Crippen LogP contribution is 2.33. The van der Waals surface area contributed by atoms with Gasteiger partial charge in [0.25, 0.3) is 5.56 Å². The van der Waals surface area contributed by atoms with Crippen molar-refractivity contribution in [3.05, 3.63) is 46.4 Å². The molecule has 1 amide bonds. The Morgan fingerprint density at radius 1 is 1.35 bits per heavy atom. The van der Waals surface area contributed by atoms with Crippen LogP contribution in [0.4, 0.5) is 0 Å². The molecule has 8 nitrogen and oxygen atoms in total. The zero-order chi connectivity index (χ0) is 22.0. The second-order valence-electron chi connectivity index (χ2n) is 7.94. The fourth-order valence-electron chi connectivity index (χ4n) is 3.66. The predicted octanol–water partition coefficient (Wildman–Crippen LogP) is 2.86. The number of hydrogen-bond donors (Lipinski definition) is 1. The smallest absolute Gasteiger partial charge is 0.265 e. The molecule has 1 aliphatic heterocycles. The van der Waals surface area contributed by atoms with Crippen molar-refractivity contribution in [2.45, 2.75) is 50.9 Å². The van der Waals surface area contributed by atoms with Crippen molar-refractivity contribution in [3.63, 3.8) is 0 Å².